The first-order valence-corrected chi connectivity index (χ1v) is 10.7. The summed E-state index contributed by atoms with van der Waals surface area (Å²) in [5, 5.41) is 12.7. The molecular formula is C20H25ClN4O2S. The van der Waals surface area contributed by atoms with Crippen LogP contribution in [0.4, 0.5) is 0 Å². The molecule has 2 aromatic rings. The number of ether oxygens (including phenoxy) is 1. The summed E-state index contributed by atoms with van der Waals surface area (Å²) in [4.78, 5) is 12.5. The van der Waals surface area contributed by atoms with Crippen molar-refractivity contribution in [2.45, 2.75) is 62.2 Å². The standard InChI is InChI=1S/C20H25ClN4O2S/c1-3-12-25-18(13-27-17-10-8-15(21)9-11-17)23-24-20(25)28-14(2)19(26)22-16-6-4-5-7-16/h3,8-11,14,16H,1,4-7,12-13H2,2H3,(H,22,26). The summed E-state index contributed by atoms with van der Waals surface area (Å²) in [6.07, 6.45) is 6.31. The zero-order chi connectivity index (χ0) is 19.9. The van der Waals surface area contributed by atoms with Crippen LogP contribution in [0.3, 0.4) is 0 Å². The molecule has 1 heterocycles. The van der Waals surface area contributed by atoms with Crippen LogP contribution < -0.4 is 10.1 Å². The van der Waals surface area contributed by atoms with E-state index >= 15 is 0 Å². The minimum absolute atomic E-state index is 0.0454. The molecule has 0 radical (unpaired) electrons. The molecule has 1 fully saturated rings. The van der Waals surface area contributed by atoms with Crippen LogP contribution in [-0.4, -0.2) is 32.0 Å². The second-order valence-electron chi connectivity index (χ2n) is 6.79. The lowest BCUT2D eigenvalue weighted by molar-refractivity contribution is -0.120. The molecule has 1 aromatic carbocycles. The number of hydrogen-bond acceptors (Lipinski definition) is 5. The molecular weight excluding hydrogens is 396 g/mol. The first-order valence-electron chi connectivity index (χ1n) is 9.45. The molecule has 28 heavy (non-hydrogen) atoms. The first-order chi connectivity index (χ1) is 13.6. The predicted molar refractivity (Wildman–Crippen MR) is 112 cm³/mol. The Kier molecular flexibility index (Phi) is 7.39. The third kappa shape index (κ3) is 5.52. The molecule has 1 aromatic heterocycles. The molecule has 1 atom stereocenters. The number of aromatic nitrogens is 3. The van der Waals surface area contributed by atoms with E-state index in [1.165, 1.54) is 24.6 Å². The highest BCUT2D eigenvalue weighted by atomic mass is 35.5. The molecule has 0 aliphatic heterocycles. The van der Waals surface area contributed by atoms with E-state index in [1.54, 1.807) is 18.2 Å². The van der Waals surface area contributed by atoms with Gasteiger partial charge in [0, 0.05) is 17.6 Å². The molecule has 0 saturated heterocycles. The van der Waals surface area contributed by atoms with E-state index in [0.717, 1.165) is 12.8 Å². The lowest BCUT2D eigenvalue weighted by Crippen LogP contribution is -2.37. The van der Waals surface area contributed by atoms with Crippen LogP contribution in [0, 0.1) is 0 Å². The molecule has 150 valence electrons. The minimum Gasteiger partial charge on any atom is -0.486 e. The number of carbonyl (C=O) groups excluding carboxylic acids is 1. The Morgan fingerprint density at radius 3 is 2.79 bits per heavy atom. The van der Waals surface area contributed by atoms with Crippen molar-refractivity contribution in [3.63, 3.8) is 0 Å². The first kappa shape index (κ1) is 20.7. The Balaban J connectivity index is 1.62. The normalized spacial score (nSPS) is 15.4. The summed E-state index contributed by atoms with van der Waals surface area (Å²) in [5.74, 6) is 1.43. The van der Waals surface area contributed by atoms with E-state index in [9.17, 15) is 4.79 Å². The molecule has 0 spiro atoms. The van der Waals surface area contributed by atoms with Gasteiger partial charge in [0.1, 0.15) is 12.4 Å². The fraction of sp³-hybridized carbons (Fsp3) is 0.450. The van der Waals surface area contributed by atoms with Crippen molar-refractivity contribution in [3.05, 3.63) is 47.8 Å². The van der Waals surface area contributed by atoms with Gasteiger partial charge in [-0.2, -0.15) is 0 Å². The second kappa shape index (κ2) is 9.98. The second-order valence-corrected chi connectivity index (χ2v) is 8.54. The maximum atomic E-state index is 12.5. The molecule has 0 bridgehead atoms. The van der Waals surface area contributed by atoms with Gasteiger partial charge >= 0.3 is 0 Å². The van der Waals surface area contributed by atoms with Crippen LogP contribution in [0.15, 0.2) is 42.1 Å². The Morgan fingerprint density at radius 2 is 2.11 bits per heavy atom. The van der Waals surface area contributed by atoms with Crippen molar-refractivity contribution in [1.82, 2.24) is 20.1 Å². The number of nitrogens with zero attached hydrogens (tertiary/aromatic N) is 3. The summed E-state index contributed by atoms with van der Waals surface area (Å²) in [5.41, 5.74) is 0. The van der Waals surface area contributed by atoms with Crippen LogP contribution in [0.5, 0.6) is 5.75 Å². The van der Waals surface area contributed by atoms with Gasteiger partial charge in [-0.05, 0) is 44.0 Å². The third-order valence-corrected chi connectivity index (χ3v) is 5.97. The molecule has 1 aliphatic carbocycles. The third-order valence-electron chi connectivity index (χ3n) is 4.64. The zero-order valence-electron chi connectivity index (χ0n) is 15.9. The quantitative estimate of drug-likeness (QED) is 0.485. The average molecular weight is 421 g/mol. The lowest BCUT2D eigenvalue weighted by Gasteiger charge is -2.16. The molecule has 1 N–H and O–H groups in total. The molecule has 6 nitrogen and oxygen atoms in total. The van der Waals surface area contributed by atoms with Crippen LogP contribution in [0.1, 0.15) is 38.4 Å². The fourth-order valence-corrected chi connectivity index (χ4v) is 4.12. The summed E-state index contributed by atoms with van der Waals surface area (Å²) in [7, 11) is 0. The number of benzene rings is 1. The van der Waals surface area contributed by atoms with E-state index in [0.29, 0.717) is 34.3 Å². The zero-order valence-corrected chi connectivity index (χ0v) is 17.5. The Labute approximate surface area is 174 Å². The molecule has 1 unspecified atom stereocenters. The fourth-order valence-electron chi connectivity index (χ4n) is 3.10. The number of allylic oxidation sites excluding steroid dienone is 1. The van der Waals surface area contributed by atoms with Gasteiger partial charge in [-0.3, -0.25) is 9.36 Å². The maximum Gasteiger partial charge on any atom is 0.233 e. The van der Waals surface area contributed by atoms with Gasteiger partial charge in [-0.15, -0.1) is 16.8 Å². The van der Waals surface area contributed by atoms with Gasteiger partial charge in [0.15, 0.2) is 11.0 Å². The minimum atomic E-state index is -0.251. The Hall–Kier alpha value is -1.99. The monoisotopic (exact) mass is 420 g/mol. The molecule has 1 aliphatic rings. The topological polar surface area (TPSA) is 69.0 Å². The van der Waals surface area contributed by atoms with Crippen molar-refractivity contribution in [2.75, 3.05) is 0 Å². The van der Waals surface area contributed by atoms with E-state index in [2.05, 4.69) is 22.1 Å². The molecule has 1 saturated carbocycles. The van der Waals surface area contributed by atoms with Gasteiger partial charge in [0.25, 0.3) is 0 Å². The number of carbonyl (C=O) groups is 1. The van der Waals surface area contributed by atoms with Crippen LogP contribution in [0.2, 0.25) is 5.02 Å². The van der Waals surface area contributed by atoms with Crippen molar-refractivity contribution in [1.29, 1.82) is 0 Å². The molecule has 8 heteroatoms. The van der Waals surface area contributed by atoms with Gasteiger partial charge in [-0.1, -0.05) is 42.3 Å². The Morgan fingerprint density at radius 1 is 1.39 bits per heavy atom. The largest absolute Gasteiger partial charge is 0.486 e. The Bertz CT molecular complexity index is 803. The van der Waals surface area contributed by atoms with Crippen LogP contribution >= 0.6 is 23.4 Å². The van der Waals surface area contributed by atoms with Crippen molar-refractivity contribution >= 4 is 29.3 Å². The smallest absolute Gasteiger partial charge is 0.233 e. The predicted octanol–water partition coefficient (Wildman–Crippen LogP) is 4.24. The van der Waals surface area contributed by atoms with E-state index in [-0.39, 0.29) is 17.8 Å². The van der Waals surface area contributed by atoms with Gasteiger partial charge in [0.2, 0.25) is 5.91 Å². The summed E-state index contributed by atoms with van der Waals surface area (Å²) in [6, 6.07) is 7.47. The van der Waals surface area contributed by atoms with Crippen molar-refractivity contribution in [2.24, 2.45) is 0 Å². The van der Waals surface area contributed by atoms with Gasteiger partial charge in [0.05, 0.1) is 5.25 Å². The summed E-state index contributed by atoms with van der Waals surface area (Å²) < 4.78 is 7.71. The van der Waals surface area contributed by atoms with E-state index in [4.69, 9.17) is 16.3 Å². The number of rotatable bonds is 9. The summed E-state index contributed by atoms with van der Waals surface area (Å²) >= 11 is 7.30. The number of amides is 1. The maximum absolute atomic E-state index is 12.5. The highest BCUT2D eigenvalue weighted by molar-refractivity contribution is 8.00. The van der Waals surface area contributed by atoms with Gasteiger partial charge < -0.3 is 10.1 Å². The van der Waals surface area contributed by atoms with Crippen LogP contribution in [-0.2, 0) is 17.9 Å². The van der Waals surface area contributed by atoms with E-state index < -0.39 is 0 Å². The van der Waals surface area contributed by atoms with Crippen molar-refractivity contribution in [3.8, 4) is 5.75 Å². The average Bonchev–Trinajstić information content (AvgIpc) is 3.32. The van der Waals surface area contributed by atoms with Crippen molar-refractivity contribution < 1.29 is 9.53 Å². The summed E-state index contributed by atoms with van der Waals surface area (Å²) in [6.45, 7) is 6.52. The van der Waals surface area contributed by atoms with E-state index in [1.807, 2.05) is 23.6 Å². The molecule has 1 amide bonds. The highest BCUT2D eigenvalue weighted by Gasteiger charge is 2.23. The van der Waals surface area contributed by atoms with Crippen LogP contribution in [0.25, 0.3) is 0 Å². The number of hydrogen-bond donors (Lipinski definition) is 1. The lowest BCUT2D eigenvalue weighted by atomic mass is 10.2. The SMILES string of the molecule is C=CCn1c(COc2ccc(Cl)cc2)nnc1SC(C)C(=O)NC1CCCC1. The number of halogens is 1. The highest BCUT2D eigenvalue weighted by Crippen LogP contribution is 2.25. The number of nitrogens with one attached hydrogen (secondary N) is 1. The molecule has 3 rings (SSSR count). The number of thioether (sulfide) groups is 1. The van der Waals surface area contributed by atoms with Gasteiger partial charge in [-0.25, -0.2) is 0 Å².